The van der Waals surface area contributed by atoms with Crippen LogP contribution in [0.3, 0.4) is 0 Å². The smallest absolute Gasteiger partial charge is 0.0491 e. The summed E-state index contributed by atoms with van der Waals surface area (Å²) in [5.41, 5.74) is 6.71. The molecule has 0 aliphatic heterocycles. The zero-order valence-corrected chi connectivity index (χ0v) is 14.7. The summed E-state index contributed by atoms with van der Waals surface area (Å²) < 4.78 is 2.48. The molecule has 2 aromatic carbocycles. The second kappa shape index (κ2) is 5.86. The molecule has 1 aliphatic rings. The van der Waals surface area contributed by atoms with Gasteiger partial charge in [0.2, 0.25) is 0 Å². The van der Waals surface area contributed by atoms with Crippen molar-refractivity contribution in [2.24, 2.45) is 0 Å². The van der Waals surface area contributed by atoms with Gasteiger partial charge in [0.05, 0.1) is 0 Å². The van der Waals surface area contributed by atoms with Crippen LogP contribution in [-0.4, -0.2) is 11.6 Å². The molecule has 1 heterocycles. The Labute approximate surface area is 144 Å². The molecule has 2 heteroatoms. The van der Waals surface area contributed by atoms with Gasteiger partial charge in [0.1, 0.15) is 0 Å². The predicted octanol–water partition coefficient (Wildman–Crippen LogP) is 5.95. The van der Waals surface area contributed by atoms with Crippen LogP contribution in [0, 0.1) is 0 Å². The van der Waals surface area contributed by atoms with E-state index < -0.39 is 0 Å². The van der Waals surface area contributed by atoms with Crippen LogP contribution in [0.2, 0.25) is 0 Å². The summed E-state index contributed by atoms with van der Waals surface area (Å²) >= 11 is 0. The first-order chi connectivity index (χ1) is 11.7. The molecular weight excluding hydrogens is 292 g/mol. The molecule has 0 saturated carbocycles. The molecule has 0 unspecified atom stereocenters. The van der Waals surface area contributed by atoms with Gasteiger partial charge in [0, 0.05) is 41.1 Å². The molecule has 24 heavy (non-hydrogen) atoms. The highest BCUT2D eigenvalue weighted by atomic mass is 15.1. The molecule has 0 radical (unpaired) electrons. The Kier molecular flexibility index (Phi) is 3.68. The highest BCUT2D eigenvalue weighted by Gasteiger charge is 2.19. The van der Waals surface area contributed by atoms with Crippen molar-refractivity contribution in [3.8, 4) is 0 Å². The van der Waals surface area contributed by atoms with Gasteiger partial charge >= 0.3 is 0 Å². The zero-order chi connectivity index (χ0) is 16.7. The van der Waals surface area contributed by atoms with E-state index in [1.165, 1.54) is 33.5 Å². The third-order valence-corrected chi connectivity index (χ3v) is 5.02. The first-order valence-electron chi connectivity index (χ1n) is 8.79. The fourth-order valence-corrected chi connectivity index (χ4v) is 3.82. The summed E-state index contributed by atoms with van der Waals surface area (Å²) in [6.45, 7) is 4.54. The average Bonchev–Trinajstić information content (AvgIpc) is 2.95. The van der Waals surface area contributed by atoms with E-state index in [4.69, 9.17) is 0 Å². The maximum absolute atomic E-state index is 2.48. The average molecular weight is 316 g/mol. The number of hydrogen-bond acceptors (Lipinski definition) is 1. The number of nitrogens with zero attached hydrogens (tertiary/aromatic N) is 2. The normalized spacial score (nSPS) is 13.5. The van der Waals surface area contributed by atoms with E-state index in [1.807, 2.05) is 0 Å². The van der Waals surface area contributed by atoms with Crippen LogP contribution >= 0.6 is 0 Å². The Morgan fingerprint density at radius 2 is 1.79 bits per heavy atom. The molecule has 4 rings (SSSR count). The molecule has 0 bridgehead atoms. The fourth-order valence-electron chi connectivity index (χ4n) is 3.82. The summed E-state index contributed by atoms with van der Waals surface area (Å²) in [6, 6.07) is 17.9. The van der Waals surface area contributed by atoms with Crippen molar-refractivity contribution in [2.45, 2.75) is 32.7 Å². The summed E-state index contributed by atoms with van der Waals surface area (Å²) in [7, 11) is 2.14. The summed E-state index contributed by atoms with van der Waals surface area (Å²) in [5.74, 6) is 0. The Hall–Kier alpha value is -2.48. The van der Waals surface area contributed by atoms with E-state index in [-0.39, 0.29) is 0 Å². The van der Waals surface area contributed by atoms with Gasteiger partial charge in [0.15, 0.2) is 0 Å². The van der Waals surface area contributed by atoms with Gasteiger partial charge in [-0.2, -0.15) is 0 Å². The van der Waals surface area contributed by atoms with E-state index in [9.17, 15) is 0 Å². The van der Waals surface area contributed by atoms with E-state index in [0.717, 1.165) is 12.8 Å². The van der Waals surface area contributed by atoms with E-state index in [2.05, 4.69) is 91.0 Å². The number of benzene rings is 2. The van der Waals surface area contributed by atoms with E-state index >= 15 is 0 Å². The number of allylic oxidation sites excluding steroid dienone is 1. The van der Waals surface area contributed by atoms with Crippen LogP contribution in [-0.2, 0) is 6.42 Å². The summed E-state index contributed by atoms with van der Waals surface area (Å²) in [4.78, 5) is 2.26. The SMILES string of the molecule is CC(C)n1c2c(c3cc(N(C)c4ccccc4)ccc31)CCC=C2. The Morgan fingerprint density at radius 1 is 1.00 bits per heavy atom. The summed E-state index contributed by atoms with van der Waals surface area (Å²) in [5, 5.41) is 1.41. The number of aromatic nitrogens is 1. The highest BCUT2D eigenvalue weighted by molar-refractivity contribution is 5.92. The highest BCUT2D eigenvalue weighted by Crippen LogP contribution is 2.36. The van der Waals surface area contributed by atoms with E-state index in [0.29, 0.717) is 6.04 Å². The fraction of sp³-hybridized carbons (Fsp3) is 0.273. The molecule has 0 fully saturated rings. The molecule has 122 valence electrons. The Bertz CT molecular complexity index is 901. The van der Waals surface area contributed by atoms with Gasteiger partial charge in [-0.3, -0.25) is 0 Å². The number of fused-ring (bicyclic) bond motifs is 3. The second-order valence-electron chi connectivity index (χ2n) is 6.86. The number of hydrogen-bond donors (Lipinski definition) is 0. The zero-order valence-electron chi connectivity index (χ0n) is 14.7. The Morgan fingerprint density at radius 3 is 2.54 bits per heavy atom. The monoisotopic (exact) mass is 316 g/mol. The van der Waals surface area contributed by atoms with Crippen LogP contribution in [0.5, 0.6) is 0 Å². The minimum absolute atomic E-state index is 0.469. The quantitative estimate of drug-likeness (QED) is 0.579. The van der Waals surface area contributed by atoms with Crippen molar-refractivity contribution < 1.29 is 0 Å². The lowest BCUT2D eigenvalue weighted by molar-refractivity contribution is 0.615. The maximum Gasteiger partial charge on any atom is 0.0491 e. The lowest BCUT2D eigenvalue weighted by atomic mass is 10.0. The topological polar surface area (TPSA) is 8.17 Å². The first-order valence-corrected chi connectivity index (χ1v) is 8.79. The molecule has 1 aromatic heterocycles. The number of aryl methyl sites for hydroxylation is 1. The van der Waals surface area contributed by atoms with Gasteiger partial charge in [-0.1, -0.05) is 24.3 Å². The van der Waals surface area contributed by atoms with Crippen LogP contribution in [0.15, 0.2) is 54.6 Å². The Balaban J connectivity index is 1.88. The molecule has 3 aromatic rings. The van der Waals surface area contributed by atoms with Gasteiger partial charge in [-0.25, -0.2) is 0 Å². The van der Waals surface area contributed by atoms with Crippen molar-refractivity contribution in [2.75, 3.05) is 11.9 Å². The lowest BCUT2D eigenvalue weighted by Gasteiger charge is -2.20. The van der Waals surface area contributed by atoms with Crippen LogP contribution in [0.25, 0.3) is 17.0 Å². The van der Waals surface area contributed by atoms with Gasteiger partial charge in [-0.05, 0) is 68.7 Å². The minimum atomic E-state index is 0.469. The molecule has 1 aliphatic carbocycles. The van der Waals surface area contributed by atoms with Crippen molar-refractivity contribution in [1.29, 1.82) is 0 Å². The van der Waals surface area contributed by atoms with Crippen molar-refractivity contribution >= 4 is 28.4 Å². The molecule has 0 spiro atoms. The van der Waals surface area contributed by atoms with Crippen molar-refractivity contribution in [3.63, 3.8) is 0 Å². The van der Waals surface area contributed by atoms with Gasteiger partial charge in [0.25, 0.3) is 0 Å². The van der Waals surface area contributed by atoms with Crippen LogP contribution < -0.4 is 4.90 Å². The molecule has 0 amide bonds. The molecule has 0 saturated heterocycles. The minimum Gasteiger partial charge on any atom is -0.345 e. The van der Waals surface area contributed by atoms with E-state index in [1.54, 1.807) is 0 Å². The molecule has 0 atom stereocenters. The lowest BCUT2D eigenvalue weighted by Crippen LogP contribution is -2.09. The number of rotatable bonds is 3. The number of para-hydroxylation sites is 1. The van der Waals surface area contributed by atoms with Crippen molar-refractivity contribution in [1.82, 2.24) is 4.57 Å². The molecule has 0 N–H and O–H groups in total. The molecule has 2 nitrogen and oxygen atoms in total. The van der Waals surface area contributed by atoms with Gasteiger partial charge in [-0.15, -0.1) is 0 Å². The molecular formula is C22H24N2. The second-order valence-corrected chi connectivity index (χ2v) is 6.86. The van der Waals surface area contributed by atoms with Gasteiger partial charge < -0.3 is 9.47 Å². The van der Waals surface area contributed by atoms with Crippen LogP contribution in [0.4, 0.5) is 11.4 Å². The largest absolute Gasteiger partial charge is 0.345 e. The third kappa shape index (κ3) is 2.34. The first kappa shape index (κ1) is 15.1. The maximum atomic E-state index is 2.48. The third-order valence-electron chi connectivity index (χ3n) is 5.02. The number of anilines is 2. The van der Waals surface area contributed by atoms with Crippen LogP contribution in [0.1, 0.15) is 37.6 Å². The predicted molar refractivity (Wildman–Crippen MR) is 104 cm³/mol. The van der Waals surface area contributed by atoms with Crippen molar-refractivity contribution in [3.05, 3.63) is 65.9 Å². The standard InChI is InChI=1S/C22H24N2/c1-16(2)24-21-12-8-7-11-19(21)20-15-18(13-14-22(20)24)23(3)17-9-5-4-6-10-17/h4-6,8-10,12-16H,7,11H2,1-3H3. The summed E-state index contributed by atoms with van der Waals surface area (Å²) in [6.07, 6.45) is 6.89.